The van der Waals surface area contributed by atoms with Gasteiger partial charge in [0.1, 0.15) is 5.82 Å². The quantitative estimate of drug-likeness (QED) is 0.868. The molecule has 1 aliphatic heterocycles. The Hall–Kier alpha value is -2.20. The molecule has 25 heavy (non-hydrogen) atoms. The molecule has 2 aromatic rings. The Morgan fingerprint density at radius 3 is 2.60 bits per heavy atom. The molecule has 1 amide bonds. The summed E-state index contributed by atoms with van der Waals surface area (Å²) in [5, 5.41) is 5.94. The first-order valence-corrected chi connectivity index (χ1v) is 8.91. The van der Waals surface area contributed by atoms with Crippen molar-refractivity contribution in [3.63, 3.8) is 0 Å². The van der Waals surface area contributed by atoms with Crippen molar-refractivity contribution in [3.05, 3.63) is 64.5 Å². The summed E-state index contributed by atoms with van der Waals surface area (Å²) in [4.78, 5) is 12.3. The molecule has 1 aliphatic rings. The SMILES string of the molecule is CC(C)Cc1ccc(CC(=O)Nc2ccc3c(c2F)CCNC3)cc1. The van der Waals surface area contributed by atoms with Crippen LogP contribution < -0.4 is 10.6 Å². The summed E-state index contributed by atoms with van der Waals surface area (Å²) in [5.74, 6) is 0.125. The summed E-state index contributed by atoms with van der Waals surface area (Å²) < 4.78 is 14.6. The minimum atomic E-state index is -0.292. The Kier molecular flexibility index (Phi) is 5.49. The number of halogens is 1. The Bertz CT molecular complexity index is 753. The van der Waals surface area contributed by atoms with E-state index in [1.54, 1.807) is 6.07 Å². The van der Waals surface area contributed by atoms with Crippen LogP contribution in [0, 0.1) is 11.7 Å². The van der Waals surface area contributed by atoms with E-state index in [2.05, 4.69) is 36.6 Å². The van der Waals surface area contributed by atoms with Gasteiger partial charge in [0.2, 0.25) is 5.91 Å². The van der Waals surface area contributed by atoms with Crippen LogP contribution in [-0.4, -0.2) is 12.5 Å². The molecule has 1 heterocycles. The van der Waals surface area contributed by atoms with Crippen molar-refractivity contribution < 1.29 is 9.18 Å². The van der Waals surface area contributed by atoms with Gasteiger partial charge in [0.05, 0.1) is 12.1 Å². The summed E-state index contributed by atoms with van der Waals surface area (Å²) in [6.07, 6.45) is 1.93. The van der Waals surface area contributed by atoms with Gasteiger partial charge in [-0.1, -0.05) is 44.2 Å². The van der Waals surface area contributed by atoms with Crippen LogP contribution in [0.4, 0.5) is 10.1 Å². The van der Waals surface area contributed by atoms with Crippen molar-refractivity contribution in [3.8, 4) is 0 Å². The molecule has 0 radical (unpaired) electrons. The maximum Gasteiger partial charge on any atom is 0.228 e. The molecule has 0 aliphatic carbocycles. The maximum atomic E-state index is 14.6. The van der Waals surface area contributed by atoms with E-state index >= 15 is 0 Å². The number of carbonyl (C=O) groups is 1. The molecule has 0 fully saturated rings. The van der Waals surface area contributed by atoms with Crippen LogP contribution in [0.5, 0.6) is 0 Å². The van der Waals surface area contributed by atoms with Gasteiger partial charge < -0.3 is 10.6 Å². The first-order chi connectivity index (χ1) is 12.0. The third-order valence-electron chi connectivity index (χ3n) is 4.51. The first kappa shape index (κ1) is 17.6. The molecule has 2 aromatic carbocycles. The van der Waals surface area contributed by atoms with Gasteiger partial charge in [-0.2, -0.15) is 0 Å². The largest absolute Gasteiger partial charge is 0.323 e. The van der Waals surface area contributed by atoms with Gasteiger partial charge in [0.15, 0.2) is 0 Å². The summed E-state index contributed by atoms with van der Waals surface area (Å²) in [6.45, 7) is 5.82. The monoisotopic (exact) mass is 340 g/mol. The molecule has 0 saturated carbocycles. The van der Waals surface area contributed by atoms with Crippen molar-refractivity contribution in [2.45, 2.75) is 39.7 Å². The zero-order valence-electron chi connectivity index (χ0n) is 14.9. The fourth-order valence-electron chi connectivity index (χ4n) is 3.27. The lowest BCUT2D eigenvalue weighted by atomic mass is 9.99. The zero-order valence-corrected chi connectivity index (χ0v) is 14.9. The van der Waals surface area contributed by atoms with Crippen LogP contribution in [0.1, 0.15) is 36.1 Å². The van der Waals surface area contributed by atoms with Crippen molar-refractivity contribution >= 4 is 11.6 Å². The number of fused-ring (bicyclic) bond motifs is 1. The molecule has 0 aromatic heterocycles. The van der Waals surface area contributed by atoms with E-state index < -0.39 is 0 Å². The standard InChI is InChI=1S/C21H25FN2O/c1-14(2)11-15-3-5-16(6-4-15)12-20(25)24-19-8-7-17-13-23-10-9-18(17)21(19)22/h3-8,14,23H,9-13H2,1-2H3,(H,24,25). The Labute approximate surface area is 148 Å². The normalized spacial score (nSPS) is 13.6. The van der Waals surface area contributed by atoms with E-state index in [1.165, 1.54) is 5.56 Å². The van der Waals surface area contributed by atoms with Crippen molar-refractivity contribution in [2.75, 3.05) is 11.9 Å². The molecular weight excluding hydrogens is 315 g/mol. The number of amides is 1. The minimum Gasteiger partial charge on any atom is -0.323 e. The lowest BCUT2D eigenvalue weighted by Crippen LogP contribution is -2.25. The van der Waals surface area contributed by atoms with Gasteiger partial charge in [0, 0.05) is 6.54 Å². The van der Waals surface area contributed by atoms with Gasteiger partial charge in [0.25, 0.3) is 0 Å². The van der Waals surface area contributed by atoms with E-state index in [0.717, 1.165) is 29.7 Å². The molecule has 3 rings (SSSR count). The second-order valence-electron chi connectivity index (χ2n) is 7.13. The lowest BCUT2D eigenvalue weighted by Gasteiger charge is -2.19. The molecule has 3 nitrogen and oxygen atoms in total. The highest BCUT2D eigenvalue weighted by atomic mass is 19.1. The van der Waals surface area contributed by atoms with E-state index in [1.807, 2.05) is 18.2 Å². The Morgan fingerprint density at radius 1 is 1.16 bits per heavy atom. The molecule has 0 bridgehead atoms. The molecule has 0 spiro atoms. The highest BCUT2D eigenvalue weighted by Crippen LogP contribution is 2.24. The molecule has 0 saturated heterocycles. The number of hydrogen-bond acceptors (Lipinski definition) is 2. The zero-order chi connectivity index (χ0) is 17.8. The first-order valence-electron chi connectivity index (χ1n) is 8.91. The number of nitrogens with one attached hydrogen (secondary N) is 2. The summed E-state index contributed by atoms with van der Waals surface area (Å²) in [7, 11) is 0. The minimum absolute atomic E-state index is 0.190. The van der Waals surface area contributed by atoms with Crippen LogP contribution in [0.25, 0.3) is 0 Å². The Balaban J connectivity index is 1.65. The van der Waals surface area contributed by atoms with E-state index in [-0.39, 0.29) is 23.8 Å². The number of rotatable bonds is 5. The van der Waals surface area contributed by atoms with Gasteiger partial charge in [-0.15, -0.1) is 0 Å². The second kappa shape index (κ2) is 7.79. The van der Waals surface area contributed by atoms with Crippen LogP contribution in [0.2, 0.25) is 0 Å². The summed E-state index contributed by atoms with van der Waals surface area (Å²) in [5.41, 5.74) is 4.18. The highest BCUT2D eigenvalue weighted by molar-refractivity contribution is 5.92. The highest BCUT2D eigenvalue weighted by Gasteiger charge is 2.17. The molecule has 0 unspecified atom stereocenters. The van der Waals surface area contributed by atoms with E-state index in [0.29, 0.717) is 18.9 Å². The number of anilines is 1. The van der Waals surface area contributed by atoms with Crippen LogP contribution in [0.3, 0.4) is 0 Å². The molecule has 4 heteroatoms. The third-order valence-corrected chi connectivity index (χ3v) is 4.51. The third kappa shape index (κ3) is 4.45. The lowest BCUT2D eigenvalue weighted by molar-refractivity contribution is -0.115. The number of hydrogen-bond donors (Lipinski definition) is 2. The predicted octanol–water partition coefficient (Wildman–Crippen LogP) is 3.85. The average Bonchev–Trinajstić information content (AvgIpc) is 2.59. The Morgan fingerprint density at radius 2 is 1.88 bits per heavy atom. The average molecular weight is 340 g/mol. The topological polar surface area (TPSA) is 41.1 Å². The number of carbonyl (C=O) groups excluding carboxylic acids is 1. The van der Waals surface area contributed by atoms with E-state index in [4.69, 9.17) is 0 Å². The van der Waals surface area contributed by atoms with Crippen LogP contribution in [-0.2, 0) is 30.6 Å². The van der Waals surface area contributed by atoms with Crippen LogP contribution >= 0.6 is 0 Å². The van der Waals surface area contributed by atoms with Crippen molar-refractivity contribution in [1.82, 2.24) is 5.32 Å². The predicted molar refractivity (Wildman–Crippen MR) is 99.1 cm³/mol. The van der Waals surface area contributed by atoms with Crippen LogP contribution in [0.15, 0.2) is 36.4 Å². The van der Waals surface area contributed by atoms with Gasteiger partial charge in [-0.05, 0) is 53.6 Å². The second-order valence-corrected chi connectivity index (χ2v) is 7.13. The van der Waals surface area contributed by atoms with E-state index in [9.17, 15) is 9.18 Å². The fraction of sp³-hybridized carbons (Fsp3) is 0.381. The molecule has 132 valence electrons. The number of benzene rings is 2. The maximum absolute atomic E-state index is 14.6. The molecule has 2 N–H and O–H groups in total. The molecule has 0 atom stereocenters. The van der Waals surface area contributed by atoms with Crippen molar-refractivity contribution in [1.29, 1.82) is 0 Å². The van der Waals surface area contributed by atoms with Gasteiger partial charge >= 0.3 is 0 Å². The summed E-state index contributed by atoms with van der Waals surface area (Å²) >= 11 is 0. The van der Waals surface area contributed by atoms with Crippen molar-refractivity contribution in [2.24, 2.45) is 5.92 Å². The van der Waals surface area contributed by atoms with Gasteiger partial charge in [-0.3, -0.25) is 4.79 Å². The molecular formula is C21H25FN2O. The van der Waals surface area contributed by atoms with Gasteiger partial charge in [-0.25, -0.2) is 4.39 Å². The fourth-order valence-corrected chi connectivity index (χ4v) is 3.27. The smallest absolute Gasteiger partial charge is 0.228 e. The summed E-state index contributed by atoms with van der Waals surface area (Å²) in [6, 6.07) is 11.6.